The molecular weight excluding hydrogens is 404 g/mol. The zero-order valence-corrected chi connectivity index (χ0v) is 21.8. The van der Waals surface area contributed by atoms with E-state index in [4.69, 9.17) is 4.74 Å². The van der Waals surface area contributed by atoms with Crippen LogP contribution in [0.25, 0.3) is 0 Å². The molecule has 0 aromatic carbocycles. The van der Waals surface area contributed by atoms with Gasteiger partial charge in [-0.2, -0.15) is 11.8 Å². The van der Waals surface area contributed by atoms with Gasteiger partial charge in [0.25, 0.3) is 0 Å². The first kappa shape index (κ1) is 30.5. The summed E-state index contributed by atoms with van der Waals surface area (Å²) in [5.74, 6) is 1.82. The Labute approximate surface area is 198 Å². The number of carbonyl (C=O) groups excluding carboxylic acids is 1. The van der Waals surface area contributed by atoms with E-state index in [1.54, 1.807) is 11.8 Å². The fraction of sp³-hybridized carbons (Fsp3) is 0.889. The van der Waals surface area contributed by atoms with Crippen molar-refractivity contribution in [1.82, 2.24) is 0 Å². The Kier molecular flexibility index (Phi) is 22.4. The minimum atomic E-state index is -0.531. The van der Waals surface area contributed by atoms with Gasteiger partial charge in [-0.25, -0.2) is 0 Å². The van der Waals surface area contributed by atoms with Crippen LogP contribution in [-0.2, 0) is 9.53 Å². The summed E-state index contributed by atoms with van der Waals surface area (Å²) in [5, 5.41) is 9.95. The smallest absolute Gasteiger partial charge is 0.305 e. The summed E-state index contributed by atoms with van der Waals surface area (Å²) in [6, 6.07) is 0. The normalized spacial score (nSPS) is 13.5. The second kappa shape index (κ2) is 22.7. The van der Waals surface area contributed by atoms with E-state index in [1.165, 1.54) is 70.6 Å². The number of hydrogen-bond acceptors (Lipinski definition) is 4. The van der Waals surface area contributed by atoms with Crippen LogP contribution in [0.3, 0.4) is 0 Å². The largest absolute Gasteiger partial charge is 0.465 e. The maximum Gasteiger partial charge on any atom is 0.305 e. The minimum Gasteiger partial charge on any atom is -0.465 e. The van der Waals surface area contributed by atoms with E-state index in [0.717, 1.165) is 43.6 Å². The molecule has 0 amide bonds. The van der Waals surface area contributed by atoms with Gasteiger partial charge >= 0.3 is 5.97 Å². The van der Waals surface area contributed by atoms with Gasteiger partial charge in [-0.3, -0.25) is 4.79 Å². The van der Waals surface area contributed by atoms with Crippen LogP contribution in [0.15, 0.2) is 12.2 Å². The first-order valence-electron chi connectivity index (χ1n) is 13.1. The number of thioether (sulfide) groups is 1. The number of esters is 1. The van der Waals surface area contributed by atoms with Gasteiger partial charge in [-0.1, -0.05) is 77.4 Å². The highest BCUT2D eigenvalue weighted by molar-refractivity contribution is 7.99. The number of carbonyl (C=O) groups is 1. The van der Waals surface area contributed by atoms with E-state index < -0.39 is 5.60 Å². The van der Waals surface area contributed by atoms with Crippen LogP contribution < -0.4 is 0 Å². The molecule has 0 heterocycles. The maximum atomic E-state index is 11.8. The van der Waals surface area contributed by atoms with Crippen molar-refractivity contribution in [2.24, 2.45) is 0 Å². The van der Waals surface area contributed by atoms with Crippen molar-refractivity contribution >= 4 is 17.7 Å². The summed E-state index contributed by atoms with van der Waals surface area (Å²) in [7, 11) is 0. The fourth-order valence-electron chi connectivity index (χ4n) is 3.46. The number of hydrogen-bond donors (Lipinski definition) is 1. The highest BCUT2D eigenvalue weighted by atomic mass is 32.2. The zero-order chi connectivity index (χ0) is 23.0. The quantitative estimate of drug-likeness (QED) is 0.0955. The van der Waals surface area contributed by atoms with Crippen LogP contribution >= 0.6 is 11.8 Å². The molecule has 0 aromatic heterocycles. The summed E-state index contributed by atoms with van der Waals surface area (Å²) < 4.78 is 5.31. The van der Waals surface area contributed by atoms with E-state index in [-0.39, 0.29) is 5.97 Å². The summed E-state index contributed by atoms with van der Waals surface area (Å²) in [6.45, 7) is 6.69. The van der Waals surface area contributed by atoms with Gasteiger partial charge in [0.15, 0.2) is 0 Å². The van der Waals surface area contributed by atoms with Crippen LogP contribution in [0.5, 0.6) is 0 Å². The molecule has 0 aliphatic carbocycles. The number of aliphatic hydroxyl groups is 1. The Hall–Kier alpha value is -0.480. The lowest BCUT2D eigenvalue weighted by Gasteiger charge is -2.20. The third-order valence-electron chi connectivity index (χ3n) is 5.90. The summed E-state index contributed by atoms with van der Waals surface area (Å²) in [4.78, 5) is 11.8. The topological polar surface area (TPSA) is 46.5 Å². The first-order chi connectivity index (χ1) is 15.0. The Morgan fingerprint density at radius 1 is 0.839 bits per heavy atom. The fourth-order valence-corrected chi connectivity index (χ4v) is 4.21. The van der Waals surface area contributed by atoms with Crippen molar-refractivity contribution in [3.63, 3.8) is 0 Å². The second-order valence-corrected chi connectivity index (χ2v) is 10.3. The Morgan fingerprint density at radius 2 is 1.42 bits per heavy atom. The van der Waals surface area contributed by atoms with Gasteiger partial charge in [0.1, 0.15) is 6.61 Å². The number of unbranched alkanes of at least 4 members (excludes halogenated alkanes) is 11. The highest BCUT2D eigenvalue weighted by Crippen LogP contribution is 2.18. The molecule has 0 saturated heterocycles. The number of rotatable bonds is 23. The first-order valence-corrected chi connectivity index (χ1v) is 14.3. The molecule has 0 aliphatic rings. The van der Waals surface area contributed by atoms with Gasteiger partial charge < -0.3 is 9.84 Å². The molecule has 1 unspecified atom stereocenters. The lowest BCUT2D eigenvalue weighted by atomic mass is 9.98. The van der Waals surface area contributed by atoms with E-state index in [1.807, 2.05) is 13.8 Å². The van der Waals surface area contributed by atoms with Crippen LogP contribution in [0.2, 0.25) is 0 Å². The van der Waals surface area contributed by atoms with E-state index in [0.29, 0.717) is 13.0 Å². The molecule has 0 rings (SSSR count). The van der Waals surface area contributed by atoms with Crippen molar-refractivity contribution in [1.29, 1.82) is 0 Å². The molecule has 31 heavy (non-hydrogen) atoms. The molecule has 0 spiro atoms. The van der Waals surface area contributed by atoms with Crippen LogP contribution in [0, 0.1) is 0 Å². The summed E-state index contributed by atoms with van der Waals surface area (Å²) in [5.41, 5.74) is -0.531. The van der Waals surface area contributed by atoms with E-state index in [9.17, 15) is 9.90 Å². The predicted molar refractivity (Wildman–Crippen MR) is 138 cm³/mol. The molecule has 0 radical (unpaired) electrons. The summed E-state index contributed by atoms with van der Waals surface area (Å²) in [6.07, 6.45) is 24.4. The van der Waals surface area contributed by atoms with Gasteiger partial charge in [0, 0.05) is 12.2 Å². The van der Waals surface area contributed by atoms with Crippen molar-refractivity contribution in [3.8, 4) is 0 Å². The molecule has 1 atom stereocenters. The second-order valence-electron chi connectivity index (χ2n) is 9.12. The molecule has 0 saturated carbocycles. The standard InChI is InChI=1S/C27H52O3S/c1-4-6-7-8-9-10-11-12-13-14-15-16-17-18-19-21-26(28)30-23-25-31-24-20-22-27(3,29)5-2/h12-13,29H,4-11,14-25H2,1-3H3/b13-12-. The lowest BCUT2D eigenvalue weighted by Crippen LogP contribution is -2.22. The molecule has 3 nitrogen and oxygen atoms in total. The van der Waals surface area contributed by atoms with Gasteiger partial charge in [0.05, 0.1) is 5.60 Å². The average Bonchev–Trinajstić information content (AvgIpc) is 2.75. The molecule has 0 fully saturated rings. The molecule has 0 bridgehead atoms. The molecule has 4 heteroatoms. The zero-order valence-electron chi connectivity index (χ0n) is 21.0. The maximum absolute atomic E-state index is 11.8. The Balaban J connectivity index is 3.28. The molecule has 0 aliphatic heterocycles. The molecule has 1 N–H and O–H groups in total. The van der Waals surface area contributed by atoms with Crippen LogP contribution in [-0.4, -0.2) is 34.8 Å². The number of allylic oxidation sites excluding steroid dienone is 2. The van der Waals surface area contributed by atoms with Gasteiger partial charge in [0.2, 0.25) is 0 Å². The molecule has 184 valence electrons. The third kappa shape index (κ3) is 24.0. The SMILES string of the molecule is CCCCCCCC/C=C\CCCCCCCC(=O)OCCSCCCC(C)(O)CC. The predicted octanol–water partition coefficient (Wildman–Crippen LogP) is 8.24. The lowest BCUT2D eigenvalue weighted by molar-refractivity contribution is -0.143. The van der Waals surface area contributed by atoms with Gasteiger partial charge in [-0.05, 0) is 64.0 Å². The number of ether oxygens (including phenoxy) is 1. The van der Waals surface area contributed by atoms with Crippen molar-refractivity contribution in [3.05, 3.63) is 12.2 Å². The van der Waals surface area contributed by atoms with E-state index in [2.05, 4.69) is 19.1 Å². The monoisotopic (exact) mass is 456 g/mol. The van der Waals surface area contributed by atoms with Crippen LogP contribution in [0.1, 0.15) is 130 Å². The van der Waals surface area contributed by atoms with E-state index >= 15 is 0 Å². The molecule has 0 aromatic rings. The Bertz CT molecular complexity index is 421. The van der Waals surface area contributed by atoms with Crippen molar-refractivity contribution in [2.45, 2.75) is 136 Å². The van der Waals surface area contributed by atoms with Crippen LogP contribution in [0.4, 0.5) is 0 Å². The molecular formula is C27H52O3S. The van der Waals surface area contributed by atoms with Gasteiger partial charge in [-0.15, -0.1) is 0 Å². The van der Waals surface area contributed by atoms with Crippen molar-refractivity contribution in [2.75, 3.05) is 18.1 Å². The van der Waals surface area contributed by atoms with Crippen molar-refractivity contribution < 1.29 is 14.6 Å². The average molecular weight is 457 g/mol. The summed E-state index contributed by atoms with van der Waals surface area (Å²) >= 11 is 1.80. The third-order valence-corrected chi connectivity index (χ3v) is 6.93. The Morgan fingerprint density at radius 3 is 2.03 bits per heavy atom. The minimum absolute atomic E-state index is 0.0489. The highest BCUT2D eigenvalue weighted by Gasteiger charge is 2.16.